The first-order chi connectivity index (χ1) is 11.1. The van der Waals surface area contributed by atoms with Gasteiger partial charge in [-0.15, -0.1) is 0 Å². The second-order valence-corrected chi connectivity index (χ2v) is 8.46. The van der Waals surface area contributed by atoms with Crippen molar-refractivity contribution in [1.82, 2.24) is 15.1 Å². The number of nitrogens with zero attached hydrogens (tertiary/aromatic N) is 2. The van der Waals surface area contributed by atoms with Crippen LogP contribution in [0.5, 0.6) is 0 Å². The summed E-state index contributed by atoms with van der Waals surface area (Å²) in [6.45, 7) is 4.09. The van der Waals surface area contributed by atoms with E-state index in [0.29, 0.717) is 12.6 Å². The summed E-state index contributed by atoms with van der Waals surface area (Å²) in [6, 6.07) is 0.351. The lowest BCUT2D eigenvalue weighted by atomic mass is 9.79. The zero-order valence-corrected chi connectivity index (χ0v) is 14.5. The minimum Gasteiger partial charge on any atom is -0.378 e. The highest BCUT2D eigenvalue weighted by Crippen LogP contribution is 2.58. The van der Waals surface area contributed by atoms with Gasteiger partial charge in [0.05, 0.1) is 13.2 Å². The Bertz CT molecular complexity index is 452. The molecule has 5 aliphatic rings. The molecule has 5 rings (SSSR count). The maximum atomic E-state index is 12.9. The van der Waals surface area contributed by atoms with Crippen molar-refractivity contribution in [3.8, 4) is 0 Å². The first-order valence-corrected chi connectivity index (χ1v) is 9.38. The molecule has 130 valence electrons. The van der Waals surface area contributed by atoms with E-state index in [9.17, 15) is 4.79 Å². The summed E-state index contributed by atoms with van der Waals surface area (Å²) in [5.74, 6) is 3.59. The predicted octanol–water partition coefficient (Wildman–Crippen LogP) is 0.800. The zero-order valence-electron chi connectivity index (χ0n) is 14.5. The van der Waals surface area contributed by atoms with E-state index in [-0.39, 0.29) is 11.9 Å². The largest absolute Gasteiger partial charge is 0.378 e. The van der Waals surface area contributed by atoms with Gasteiger partial charge in [0.15, 0.2) is 0 Å². The lowest BCUT2D eigenvalue weighted by Gasteiger charge is -2.38. The quantitative estimate of drug-likeness (QED) is 0.813. The van der Waals surface area contributed by atoms with Gasteiger partial charge in [0.25, 0.3) is 0 Å². The summed E-state index contributed by atoms with van der Waals surface area (Å²) in [5, 5.41) is 3.45. The molecule has 4 aliphatic carbocycles. The second kappa shape index (κ2) is 6.34. The summed E-state index contributed by atoms with van der Waals surface area (Å²) < 4.78 is 5.61. The average Bonchev–Trinajstić information content (AvgIpc) is 2.95. The molecule has 1 N–H and O–H groups in total. The topological polar surface area (TPSA) is 44.8 Å². The standard InChI is InChI=1S/C18H31N3O2/c1-20(2)3-4-21-5-6-23-11-16(21)18(22)19-17-14-8-12-7-13(10-14)15(17)9-12/h12-17H,3-11H2,1-2H3,(H,19,22)/t12?,13?,14?,15?,16-,17?/m1/s1. The molecule has 1 amide bonds. The van der Waals surface area contributed by atoms with Gasteiger partial charge in [0.1, 0.15) is 6.04 Å². The molecule has 4 saturated carbocycles. The molecule has 5 fully saturated rings. The molecule has 0 aromatic carbocycles. The van der Waals surface area contributed by atoms with Gasteiger partial charge in [-0.1, -0.05) is 0 Å². The molecule has 1 heterocycles. The van der Waals surface area contributed by atoms with Gasteiger partial charge in [0, 0.05) is 25.7 Å². The van der Waals surface area contributed by atoms with Gasteiger partial charge in [-0.3, -0.25) is 9.69 Å². The first kappa shape index (κ1) is 15.9. The Labute approximate surface area is 139 Å². The van der Waals surface area contributed by atoms with Crippen LogP contribution < -0.4 is 5.32 Å². The Kier molecular flexibility index (Phi) is 4.37. The van der Waals surface area contributed by atoms with Crippen LogP contribution in [0.1, 0.15) is 25.7 Å². The Morgan fingerprint density at radius 3 is 2.83 bits per heavy atom. The SMILES string of the molecule is CN(C)CCN1CCOC[C@@H]1C(=O)NC1C2CC3CC(C2)C1C3. The summed E-state index contributed by atoms with van der Waals surface area (Å²) in [4.78, 5) is 17.4. The van der Waals surface area contributed by atoms with E-state index < -0.39 is 0 Å². The lowest BCUT2D eigenvalue weighted by molar-refractivity contribution is -0.134. The number of amides is 1. The Morgan fingerprint density at radius 2 is 2.04 bits per heavy atom. The molecule has 5 heteroatoms. The van der Waals surface area contributed by atoms with E-state index in [1.165, 1.54) is 25.7 Å². The average molecular weight is 321 g/mol. The zero-order chi connectivity index (χ0) is 16.0. The monoisotopic (exact) mass is 321 g/mol. The van der Waals surface area contributed by atoms with Crippen LogP contribution in [-0.4, -0.2) is 74.7 Å². The number of hydrogen-bond donors (Lipinski definition) is 1. The Morgan fingerprint density at radius 1 is 1.22 bits per heavy atom. The second-order valence-electron chi connectivity index (χ2n) is 8.46. The minimum atomic E-state index is -0.0972. The Balaban J connectivity index is 1.37. The number of likely N-dealkylation sites (N-methyl/N-ethyl adjacent to an activating group) is 1. The Hall–Kier alpha value is -0.650. The van der Waals surface area contributed by atoms with Crippen molar-refractivity contribution < 1.29 is 9.53 Å². The minimum absolute atomic E-state index is 0.0972. The van der Waals surface area contributed by atoms with Crippen LogP contribution in [0.25, 0.3) is 0 Å². The van der Waals surface area contributed by atoms with Gasteiger partial charge in [-0.2, -0.15) is 0 Å². The predicted molar refractivity (Wildman–Crippen MR) is 89.1 cm³/mol. The van der Waals surface area contributed by atoms with Gasteiger partial charge in [-0.05, 0) is 63.5 Å². The fourth-order valence-corrected chi connectivity index (χ4v) is 5.70. The fraction of sp³-hybridized carbons (Fsp3) is 0.944. The van der Waals surface area contributed by atoms with Crippen molar-refractivity contribution >= 4 is 5.91 Å². The number of rotatable bonds is 5. The molecule has 0 spiro atoms. The maximum absolute atomic E-state index is 12.9. The van der Waals surface area contributed by atoms with Crippen molar-refractivity contribution in [2.45, 2.75) is 37.8 Å². The van der Waals surface area contributed by atoms with E-state index in [1.807, 2.05) is 0 Å². The number of carbonyl (C=O) groups excluding carboxylic acids is 1. The van der Waals surface area contributed by atoms with Crippen molar-refractivity contribution in [3.05, 3.63) is 0 Å². The number of ether oxygens (including phenoxy) is 1. The molecule has 23 heavy (non-hydrogen) atoms. The number of nitrogens with one attached hydrogen (secondary N) is 1. The van der Waals surface area contributed by atoms with E-state index in [2.05, 4.69) is 29.2 Å². The van der Waals surface area contributed by atoms with Gasteiger partial charge >= 0.3 is 0 Å². The van der Waals surface area contributed by atoms with Crippen LogP contribution in [0.4, 0.5) is 0 Å². The van der Waals surface area contributed by atoms with Crippen LogP contribution in [0.2, 0.25) is 0 Å². The molecule has 0 aromatic rings. The van der Waals surface area contributed by atoms with Crippen molar-refractivity contribution in [1.29, 1.82) is 0 Å². The highest BCUT2D eigenvalue weighted by Gasteiger charge is 2.54. The third-order valence-corrected chi connectivity index (χ3v) is 6.74. The van der Waals surface area contributed by atoms with E-state index in [1.54, 1.807) is 0 Å². The van der Waals surface area contributed by atoms with Crippen LogP contribution in [0.15, 0.2) is 0 Å². The van der Waals surface area contributed by atoms with E-state index in [0.717, 1.165) is 49.9 Å². The fourth-order valence-electron chi connectivity index (χ4n) is 5.70. The molecule has 4 bridgehead atoms. The summed E-state index contributed by atoms with van der Waals surface area (Å²) in [6.07, 6.45) is 5.49. The van der Waals surface area contributed by atoms with Crippen molar-refractivity contribution in [2.75, 3.05) is 46.9 Å². The lowest BCUT2D eigenvalue weighted by Crippen LogP contribution is -2.58. The number of morpholine rings is 1. The first-order valence-electron chi connectivity index (χ1n) is 9.38. The number of carbonyl (C=O) groups is 1. The van der Waals surface area contributed by atoms with Crippen LogP contribution >= 0.6 is 0 Å². The summed E-state index contributed by atoms with van der Waals surface area (Å²) in [5.41, 5.74) is 0. The highest BCUT2D eigenvalue weighted by molar-refractivity contribution is 5.82. The molecule has 5 unspecified atom stereocenters. The van der Waals surface area contributed by atoms with Crippen LogP contribution in [0, 0.1) is 23.7 Å². The normalized spacial score (nSPS) is 42.6. The molecule has 5 nitrogen and oxygen atoms in total. The molecule has 1 saturated heterocycles. The van der Waals surface area contributed by atoms with Gasteiger partial charge < -0.3 is 15.0 Å². The summed E-state index contributed by atoms with van der Waals surface area (Å²) in [7, 11) is 4.17. The molecule has 0 aromatic heterocycles. The van der Waals surface area contributed by atoms with Crippen LogP contribution in [0.3, 0.4) is 0 Å². The molecule has 0 radical (unpaired) electrons. The highest BCUT2D eigenvalue weighted by atomic mass is 16.5. The third kappa shape index (κ3) is 3.03. The van der Waals surface area contributed by atoms with Gasteiger partial charge in [-0.25, -0.2) is 0 Å². The molecule has 6 atom stereocenters. The van der Waals surface area contributed by atoms with Gasteiger partial charge in [0.2, 0.25) is 5.91 Å². The molecular weight excluding hydrogens is 290 g/mol. The van der Waals surface area contributed by atoms with Crippen LogP contribution in [-0.2, 0) is 9.53 Å². The van der Waals surface area contributed by atoms with E-state index >= 15 is 0 Å². The number of hydrogen-bond acceptors (Lipinski definition) is 4. The van der Waals surface area contributed by atoms with E-state index in [4.69, 9.17) is 4.74 Å². The van der Waals surface area contributed by atoms with Crippen molar-refractivity contribution in [3.63, 3.8) is 0 Å². The maximum Gasteiger partial charge on any atom is 0.239 e. The molecule has 1 aliphatic heterocycles. The summed E-state index contributed by atoms with van der Waals surface area (Å²) >= 11 is 0. The van der Waals surface area contributed by atoms with Crippen molar-refractivity contribution in [2.24, 2.45) is 23.7 Å². The smallest absolute Gasteiger partial charge is 0.239 e. The molecular formula is C18H31N3O2. The third-order valence-electron chi connectivity index (χ3n) is 6.74.